The first-order valence-electron chi connectivity index (χ1n) is 7.86. The van der Waals surface area contributed by atoms with Crippen LogP contribution in [0.25, 0.3) is 11.0 Å². The number of fused-ring (bicyclic) bond motifs is 1. The lowest BCUT2D eigenvalue weighted by Crippen LogP contribution is -2.07. The summed E-state index contributed by atoms with van der Waals surface area (Å²) in [4.78, 5) is 16.4. The Balaban J connectivity index is 2.00. The van der Waals surface area contributed by atoms with Crippen LogP contribution in [0.5, 0.6) is 5.75 Å². The lowest BCUT2D eigenvalue weighted by atomic mass is 10.2. The highest BCUT2D eigenvalue weighted by atomic mass is 35.5. The van der Waals surface area contributed by atoms with Gasteiger partial charge in [0.15, 0.2) is 5.65 Å². The number of rotatable bonds is 5. The average Bonchev–Trinajstić information content (AvgIpc) is 2.92. The largest absolute Gasteiger partial charge is 0.497 e. The molecule has 0 spiro atoms. The number of pyridine rings is 1. The molecule has 1 aromatic carbocycles. The molecule has 0 radical (unpaired) electrons. The minimum Gasteiger partial charge on any atom is -0.497 e. The number of aryl methyl sites for hydroxylation is 1. The van der Waals surface area contributed by atoms with Crippen molar-refractivity contribution in [3.8, 4) is 5.75 Å². The van der Waals surface area contributed by atoms with Crippen LogP contribution < -0.4 is 4.74 Å². The number of halogens is 1. The van der Waals surface area contributed by atoms with Gasteiger partial charge in [0.2, 0.25) is 0 Å². The summed E-state index contributed by atoms with van der Waals surface area (Å²) >= 11 is 6.42. The van der Waals surface area contributed by atoms with Crippen molar-refractivity contribution in [1.82, 2.24) is 14.8 Å². The van der Waals surface area contributed by atoms with Gasteiger partial charge in [0.25, 0.3) is 0 Å². The van der Waals surface area contributed by atoms with Crippen molar-refractivity contribution in [1.29, 1.82) is 0 Å². The van der Waals surface area contributed by atoms with E-state index in [0.29, 0.717) is 28.3 Å². The van der Waals surface area contributed by atoms with Gasteiger partial charge in [0.1, 0.15) is 5.75 Å². The molecule has 0 saturated carbocycles. The summed E-state index contributed by atoms with van der Waals surface area (Å²) in [6.45, 7) is 4.41. The standard InChI is InChI=1S/C18H18ClN3O3/c1-4-25-18(23)14-9-20-17-15(16(14)19)11(2)21-22(17)10-12-5-7-13(24-3)8-6-12/h5-9H,4,10H2,1-3H3. The molecule has 0 unspecified atom stereocenters. The molecule has 3 aromatic rings. The maximum absolute atomic E-state index is 12.0. The van der Waals surface area contributed by atoms with Gasteiger partial charge in [-0.05, 0) is 31.5 Å². The number of ether oxygens (including phenoxy) is 2. The molecule has 3 rings (SSSR count). The average molecular weight is 360 g/mol. The molecule has 6 nitrogen and oxygen atoms in total. The van der Waals surface area contributed by atoms with E-state index in [1.165, 1.54) is 6.20 Å². The van der Waals surface area contributed by atoms with E-state index in [-0.39, 0.29) is 12.2 Å². The fourth-order valence-electron chi connectivity index (χ4n) is 2.64. The van der Waals surface area contributed by atoms with E-state index in [1.807, 2.05) is 31.2 Å². The summed E-state index contributed by atoms with van der Waals surface area (Å²) in [7, 11) is 1.63. The summed E-state index contributed by atoms with van der Waals surface area (Å²) in [6.07, 6.45) is 1.44. The molecule has 2 aromatic heterocycles. The molecular formula is C18H18ClN3O3. The Morgan fingerprint density at radius 2 is 2.00 bits per heavy atom. The first kappa shape index (κ1) is 17.2. The van der Waals surface area contributed by atoms with Crippen molar-refractivity contribution in [3.63, 3.8) is 0 Å². The van der Waals surface area contributed by atoms with Crippen LogP contribution in [0.2, 0.25) is 5.02 Å². The number of methoxy groups -OCH3 is 1. The van der Waals surface area contributed by atoms with Crippen LogP contribution in [-0.4, -0.2) is 34.5 Å². The highest BCUT2D eigenvalue weighted by Crippen LogP contribution is 2.29. The molecular weight excluding hydrogens is 342 g/mol. The van der Waals surface area contributed by atoms with Crippen LogP contribution in [0.3, 0.4) is 0 Å². The number of hydrogen-bond acceptors (Lipinski definition) is 5. The Morgan fingerprint density at radius 3 is 2.64 bits per heavy atom. The fourth-order valence-corrected chi connectivity index (χ4v) is 2.99. The first-order chi connectivity index (χ1) is 12.0. The van der Waals surface area contributed by atoms with E-state index < -0.39 is 5.97 Å². The van der Waals surface area contributed by atoms with Crippen LogP contribution in [0.4, 0.5) is 0 Å². The Morgan fingerprint density at radius 1 is 1.28 bits per heavy atom. The lowest BCUT2D eigenvalue weighted by Gasteiger charge is -2.07. The Bertz CT molecular complexity index is 919. The van der Waals surface area contributed by atoms with Crippen molar-refractivity contribution < 1.29 is 14.3 Å². The van der Waals surface area contributed by atoms with Gasteiger partial charge in [-0.2, -0.15) is 5.10 Å². The van der Waals surface area contributed by atoms with Crippen molar-refractivity contribution in [2.45, 2.75) is 20.4 Å². The Kier molecular flexibility index (Phi) is 4.90. The second kappa shape index (κ2) is 7.11. The van der Waals surface area contributed by atoms with Gasteiger partial charge in [-0.3, -0.25) is 0 Å². The van der Waals surface area contributed by atoms with E-state index >= 15 is 0 Å². The maximum Gasteiger partial charge on any atom is 0.341 e. The van der Waals surface area contributed by atoms with E-state index in [1.54, 1.807) is 18.7 Å². The zero-order chi connectivity index (χ0) is 18.0. The minimum absolute atomic E-state index is 0.253. The molecule has 0 aliphatic rings. The molecule has 0 bridgehead atoms. The predicted molar refractivity (Wildman–Crippen MR) is 95.3 cm³/mol. The minimum atomic E-state index is -0.482. The van der Waals surface area contributed by atoms with Gasteiger partial charge >= 0.3 is 5.97 Å². The molecule has 0 aliphatic heterocycles. The lowest BCUT2D eigenvalue weighted by molar-refractivity contribution is 0.0526. The monoisotopic (exact) mass is 359 g/mol. The van der Waals surface area contributed by atoms with Gasteiger partial charge in [-0.15, -0.1) is 0 Å². The molecule has 2 heterocycles. The third-order valence-electron chi connectivity index (χ3n) is 3.86. The number of carbonyl (C=O) groups is 1. The Labute approximate surface area is 150 Å². The van der Waals surface area contributed by atoms with Gasteiger partial charge < -0.3 is 9.47 Å². The third-order valence-corrected chi connectivity index (χ3v) is 4.25. The van der Waals surface area contributed by atoms with E-state index in [0.717, 1.165) is 11.3 Å². The van der Waals surface area contributed by atoms with Crippen molar-refractivity contribution >= 4 is 28.6 Å². The van der Waals surface area contributed by atoms with Crippen LogP contribution in [0.15, 0.2) is 30.5 Å². The highest BCUT2D eigenvalue weighted by Gasteiger charge is 2.20. The SMILES string of the molecule is CCOC(=O)c1cnc2c(c(C)nn2Cc2ccc(OC)cc2)c1Cl. The number of hydrogen-bond donors (Lipinski definition) is 0. The van der Waals surface area contributed by atoms with Crippen molar-refractivity contribution in [3.05, 3.63) is 52.3 Å². The van der Waals surface area contributed by atoms with E-state index in [2.05, 4.69) is 10.1 Å². The molecule has 130 valence electrons. The van der Waals surface area contributed by atoms with Crippen LogP contribution in [0, 0.1) is 6.92 Å². The van der Waals surface area contributed by atoms with Gasteiger partial charge in [0.05, 0.1) is 41.9 Å². The number of carbonyl (C=O) groups excluding carboxylic acids is 1. The summed E-state index contributed by atoms with van der Waals surface area (Å²) < 4.78 is 12.0. The molecule has 7 heteroatoms. The Hall–Kier alpha value is -2.60. The molecule has 0 aliphatic carbocycles. The van der Waals surface area contributed by atoms with Crippen molar-refractivity contribution in [2.24, 2.45) is 0 Å². The topological polar surface area (TPSA) is 66.2 Å². The van der Waals surface area contributed by atoms with Crippen molar-refractivity contribution in [2.75, 3.05) is 13.7 Å². The van der Waals surface area contributed by atoms with Gasteiger partial charge in [-0.1, -0.05) is 23.7 Å². The fraction of sp³-hybridized carbons (Fsp3) is 0.278. The zero-order valence-corrected chi connectivity index (χ0v) is 15.0. The van der Waals surface area contributed by atoms with Crippen LogP contribution in [0.1, 0.15) is 28.5 Å². The van der Waals surface area contributed by atoms with Gasteiger partial charge in [0, 0.05) is 6.20 Å². The third kappa shape index (κ3) is 3.30. The number of benzene rings is 1. The molecule has 0 saturated heterocycles. The zero-order valence-electron chi connectivity index (χ0n) is 14.2. The normalized spacial score (nSPS) is 10.9. The van der Waals surface area contributed by atoms with E-state index in [4.69, 9.17) is 21.1 Å². The molecule has 25 heavy (non-hydrogen) atoms. The highest BCUT2D eigenvalue weighted by molar-refractivity contribution is 6.38. The summed E-state index contributed by atoms with van der Waals surface area (Å²) in [5.74, 6) is 0.315. The molecule has 0 atom stereocenters. The summed E-state index contributed by atoms with van der Waals surface area (Å²) in [5.41, 5.74) is 2.65. The smallest absolute Gasteiger partial charge is 0.341 e. The molecule has 0 amide bonds. The molecule has 0 N–H and O–H groups in total. The first-order valence-corrected chi connectivity index (χ1v) is 8.24. The quantitative estimate of drug-likeness (QED) is 0.651. The van der Waals surface area contributed by atoms with E-state index in [9.17, 15) is 4.79 Å². The second-order valence-corrected chi connectivity index (χ2v) is 5.87. The number of esters is 1. The number of nitrogens with zero attached hydrogens (tertiary/aromatic N) is 3. The maximum atomic E-state index is 12.0. The predicted octanol–water partition coefficient (Wildman–Crippen LogP) is 3.63. The van der Waals surface area contributed by atoms with Crippen LogP contribution in [-0.2, 0) is 11.3 Å². The molecule has 0 fully saturated rings. The number of aromatic nitrogens is 3. The van der Waals surface area contributed by atoms with Gasteiger partial charge in [-0.25, -0.2) is 14.5 Å². The van der Waals surface area contributed by atoms with Crippen LogP contribution >= 0.6 is 11.6 Å². The second-order valence-electron chi connectivity index (χ2n) is 5.50. The summed E-state index contributed by atoms with van der Waals surface area (Å²) in [5, 5.41) is 5.51. The summed E-state index contributed by atoms with van der Waals surface area (Å²) in [6, 6.07) is 7.73.